The number of aryl methyl sites for hydroxylation is 1. The molecular formula is C11H15NO4S2. The molecule has 2 rings (SSSR count). The van der Waals surface area contributed by atoms with Crippen LogP contribution in [0.15, 0.2) is 23.1 Å². The van der Waals surface area contributed by atoms with Gasteiger partial charge in [-0.15, -0.1) is 0 Å². The van der Waals surface area contributed by atoms with Crippen molar-refractivity contribution in [1.82, 2.24) is 0 Å². The molecule has 1 unspecified atom stereocenters. The molecule has 0 radical (unpaired) electrons. The third kappa shape index (κ3) is 2.37. The first-order valence-electron chi connectivity index (χ1n) is 5.53. The number of sulfone groups is 2. The van der Waals surface area contributed by atoms with Crippen molar-refractivity contribution in [2.45, 2.75) is 23.5 Å². The quantitative estimate of drug-likeness (QED) is 0.802. The Morgan fingerprint density at radius 1 is 1.33 bits per heavy atom. The van der Waals surface area contributed by atoms with E-state index in [0.717, 1.165) is 0 Å². The predicted molar refractivity (Wildman–Crippen MR) is 69.8 cm³/mol. The lowest BCUT2D eigenvalue weighted by Crippen LogP contribution is -2.23. The summed E-state index contributed by atoms with van der Waals surface area (Å²) in [5.41, 5.74) is 6.55. The molecule has 0 spiro atoms. The standard InChI is InChI=1S/C11H15NO4S2/c1-8-2-3-9(12)6-11(8)18(15,16)10-4-5-17(13,14)7-10/h2-3,6,10H,4-5,7,12H2,1H3. The summed E-state index contributed by atoms with van der Waals surface area (Å²) >= 11 is 0. The SMILES string of the molecule is Cc1ccc(N)cc1S(=O)(=O)C1CCS(=O)(=O)C1. The summed E-state index contributed by atoms with van der Waals surface area (Å²) in [4.78, 5) is 0.143. The fraction of sp³-hybridized carbons (Fsp3) is 0.455. The third-order valence-corrected chi connectivity index (χ3v) is 7.46. The number of benzene rings is 1. The number of hydrogen-bond donors (Lipinski definition) is 1. The summed E-state index contributed by atoms with van der Waals surface area (Å²) in [7, 11) is -6.84. The fourth-order valence-corrected chi connectivity index (χ4v) is 6.74. The second-order valence-electron chi connectivity index (χ2n) is 4.59. The largest absolute Gasteiger partial charge is 0.399 e. The van der Waals surface area contributed by atoms with Crippen molar-refractivity contribution in [3.8, 4) is 0 Å². The molecular weight excluding hydrogens is 274 g/mol. The smallest absolute Gasteiger partial charge is 0.182 e. The monoisotopic (exact) mass is 289 g/mol. The molecule has 1 atom stereocenters. The van der Waals surface area contributed by atoms with Gasteiger partial charge in [-0.05, 0) is 31.0 Å². The molecule has 0 amide bonds. The summed E-state index contributed by atoms with van der Waals surface area (Å²) < 4.78 is 47.5. The van der Waals surface area contributed by atoms with Crippen LogP contribution in [0.4, 0.5) is 5.69 Å². The Labute approximate surface area is 107 Å². The minimum absolute atomic E-state index is 0.0573. The van der Waals surface area contributed by atoms with E-state index in [1.165, 1.54) is 6.07 Å². The average molecular weight is 289 g/mol. The van der Waals surface area contributed by atoms with E-state index >= 15 is 0 Å². The van der Waals surface area contributed by atoms with E-state index in [1.54, 1.807) is 19.1 Å². The van der Waals surface area contributed by atoms with E-state index in [0.29, 0.717) is 11.3 Å². The first kappa shape index (κ1) is 13.4. The maximum atomic E-state index is 12.4. The molecule has 1 aromatic rings. The van der Waals surface area contributed by atoms with Crippen molar-refractivity contribution >= 4 is 25.4 Å². The van der Waals surface area contributed by atoms with Gasteiger partial charge in [0.15, 0.2) is 19.7 Å². The van der Waals surface area contributed by atoms with Crippen LogP contribution in [-0.4, -0.2) is 33.6 Å². The van der Waals surface area contributed by atoms with Gasteiger partial charge < -0.3 is 5.73 Å². The summed E-state index contributed by atoms with van der Waals surface area (Å²) in [6, 6.07) is 4.65. The number of anilines is 1. The van der Waals surface area contributed by atoms with Crippen molar-refractivity contribution in [3.63, 3.8) is 0 Å². The molecule has 0 saturated carbocycles. The van der Waals surface area contributed by atoms with Crippen molar-refractivity contribution in [1.29, 1.82) is 0 Å². The molecule has 7 heteroatoms. The van der Waals surface area contributed by atoms with Crippen LogP contribution < -0.4 is 5.73 Å². The van der Waals surface area contributed by atoms with Crippen LogP contribution in [0, 0.1) is 6.92 Å². The Hall–Kier alpha value is -1.08. The zero-order valence-corrected chi connectivity index (χ0v) is 11.6. The van der Waals surface area contributed by atoms with Crippen LogP contribution in [0.5, 0.6) is 0 Å². The highest BCUT2D eigenvalue weighted by Gasteiger charge is 2.38. The summed E-state index contributed by atoms with van der Waals surface area (Å²) in [6.07, 6.45) is 0.166. The maximum absolute atomic E-state index is 12.4. The Morgan fingerprint density at radius 2 is 2.00 bits per heavy atom. The zero-order valence-electron chi connectivity index (χ0n) is 9.96. The number of hydrogen-bond acceptors (Lipinski definition) is 5. The van der Waals surface area contributed by atoms with E-state index in [9.17, 15) is 16.8 Å². The van der Waals surface area contributed by atoms with Crippen molar-refractivity contribution in [2.24, 2.45) is 0 Å². The zero-order chi connectivity index (χ0) is 13.6. The van der Waals surface area contributed by atoms with E-state index < -0.39 is 24.9 Å². The van der Waals surface area contributed by atoms with E-state index in [-0.39, 0.29) is 22.8 Å². The molecule has 0 aromatic heterocycles. The highest BCUT2D eigenvalue weighted by Crippen LogP contribution is 2.28. The molecule has 0 bridgehead atoms. The second kappa shape index (κ2) is 4.24. The minimum Gasteiger partial charge on any atom is -0.399 e. The maximum Gasteiger partial charge on any atom is 0.182 e. The van der Waals surface area contributed by atoms with Crippen LogP contribution in [0.2, 0.25) is 0 Å². The molecule has 1 saturated heterocycles. The molecule has 18 heavy (non-hydrogen) atoms. The van der Waals surface area contributed by atoms with Gasteiger partial charge in [-0.25, -0.2) is 16.8 Å². The lowest BCUT2D eigenvalue weighted by atomic mass is 10.2. The third-order valence-electron chi connectivity index (χ3n) is 3.15. The molecule has 100 valence electrons. The first-order chi connectivity index (χ1) is 8.22. The van der Waals surface area contributed by atoms with Gasteiger partial charge in [0, 0.05) is 5.69 Å². The summed E-state index contributed by atoms with van der Waals surface area (Å²) in [6.45, 7) is 1.68. The highest BCUT2D eigenvalue weighted by molar-refractivity contribution is 7.96. The van der Waals surface area contributed by atoms with E-state index in [2.05, 4.69) is 0 Å². The van der Waals surface area contributed by atoms with Gasteiger partial charge >= 0.3 is 0 Å². The van der Waals surface area contributed by atoms with Crippen LogP contribution in [-0.2, 0) is 19.7 Å². The lowest BCUT2D eigenvalue weighted by molar-refractivity contribution is 0.581. The van der Waals surface area contributed by atoms with Crippen LogP contribution in [0.1, 0.15) is 12.0 Å². The van der Waals surface area contributed by atoms with Gasteiger partial charge in [0.25, 0.3) is 0 Å². The van der Waals surface area contributed by atoms with Crippen LogP contribution >= 0.6 is 0 Å². The minimum atomic E-state index is -3.62. The number of nitrogens with two attached hydrogens (primary N) is 1. The molecule has 0 aliphatic carbocycles. The van der Waals surface area contributed by atoms with Gasteiger partial charge in [-0.1, -0.05) is 6.07 Å². The number of rotatable bonds is 2. The average Bonchev–Trinajstić information content (AvgIpc) is 2.63. The molecule has 5 nitrogen and oxygen atoms in total. The molecule has 1 aliphatic heterocycles. The van der Waals surface area contributed by atoms with Gasteiger partial charge in [-0.3, -0.25) is 0 Å². The Bertz CT molecular complexity index is 677. The summed E-state index contributed by atoms with van der Waals surface area (Å²) in [5.74, 6) is -0.345. The highest BCUT2D eigenvalue weighted by atomic mass is 32.2. The molecule has 2 N–H and O–H groups in total. The molecule has 1 heterocycles. The molecule has 1 aliphatic rings. The molecule has 1 aromatic carbocycles. The van der Waals surface area contributed by atoms with Gasteiger partial charge in [-0.2, -0.15) is 0 Å². The lowest BCUT2D eigenvalue weighted by Gasteiger charge is -2.13. The Morgan fingerprint density at radius 3 is 2.56 bits per heavy atom. The van der Waals surface area contributed by atoms with Crippen LogP contribution in [0.3, 0.4) is 0 Å². The van der Waals surface area contributed by atoms with Crippen molar-refractivity contribution < 1.29 is 16.8 Å². The predicted octanol–water partition coefficient (Wildman–Crippen LogP) is 0.538. The topological polar surface area (TPSA) is 94.3 Å². The van der Waals surface area contributed by atoms with Crippen molar-refractivity contribution in [3.05, 3.63) is 23.8 Å². The molecule has 1 fully saturated rings. The second-order valence-corrected chi connectivity index (χ2v) is 9.02. The normalized spacial score (nSPS) is 23.1. The van der Waals surface area contributed by atoms with Crippen LogP contribution in [0.25, 0.3) is 0 Å². The van der Waals surface area contributed by atoms with E-state index in [4.69, 9.17) is 5.73 Å². The Balaban J connectivity index is 2.47. The van der Waals surface area contributed by atoms with Crippen molar-refractivity contribution in [2.75, 3.05) is 17.2 Å². The van der Waals surface area contributed by atoms with Gasteiger partial charge in [0.2, 0.25) is 0 Å². The number of nitrogen functional groups attached to an aromatic ring is 1. The summed E-state index contributed by atoms with van der Waals surface area (Å²) in [5, 5.41) is -0.844. The van der Waals surface area contributed by atoms with E-state index in [1.807, 2.05) is 0 Å². The Kier molecular flexibility index (Phi) is 3.14. The van der Waals surface area contributed by atoms with Gasteiger partial charge in [0.1, 0.15) is 0 Å². The fourth-order valence-electron chi connectivity index (χ4n) is 2.11. The first-order valence-corrected chi connectivity index (χ1v) is 8.89. The van der Waals surface area contributed by atoms with Gasteiger partial charge in [0.05, 0.1) is 21.7 Å².